The van der Waals surface area contributed by atoms with Crippen LogP contribution in [0.5, 0.6) is 0 Å². The molecule has 2 aliphatic heterocycles. The van der Waals surface area contributed by atoms with Gasteiger partial charge >= 0.3 is 0 Å². The molecule has 1 N–H and O–H groups in total. The van der Waals surface area contributed by atoms with Gasteiger partial charge in [-0.05, 0) is 37.1 Å². The highest BCUT2D eigenvalue weighted by molar-refractivity contribution is 5.85. The molecule has 2 aromatic rings. The van der Waals surface area contributed by atoms with Crippen LogP contribution < -0.4 is 5.32 Å². The molecule has 21 heavy (non-hydrogen) atoms. The second kappa shape index (κ2) is 6.18. The summed E-state index contributed by atoms with van der Waals surface area (Å²) in [6.07, 6.45) is 3.96. The van der Waals surface area contributed by atoms with Crippen molar-refractivity contribution in [2.24, 2.45) is 11.8 Å². The zero-order chi connectivity index (χ0) is 13.4. The number of hydrogen-bond acceptors (Lipinski definition) is 3. The summed E-state index contributed by atoms with van der Waals surface area (Å²) in [5.74, 6) is 2.83. The van der Waals surface area contributed by atoms with E-state index < -0.39 is 0 Å². The predicted octanol–water partition coefficient (Wildman–Crippen LogP) is 1.95. The maximum Gasteiger partial charge on any atom is 0.127 e. The Morgan fingerprint density at radius 2 is 1.81 bits per heavy atom. The molecule has 0 aliphatic carbocycles. The van der Waals surface area contributed by atoms with E-state index in [0.29, 0.717) is 0 Å². The van der Waals surface area contributed by atoms with Gasteiger partial charge in [-0.3, -0.25) is 4.90 Å². The molecule has 1 aromatic carbocycles. The molecule has 2 atom stereocenters. The largest absolute Gasteiger partial charge is 0.316 e. The number of hydrogen-bond donors (Lipinski definition) is 1. The standard InChI is InChI=1S/C16H20N4.ClH/c1-2-4-15(5-3-1)20-7-6-18-16(20)12-19-10-13-8-17-9-14(13)11-19;/h1-7,13-14,17H,8-12H2;1H/t13-,14+;. The Kier molecular flexibility index (Phi) is 4.29. The summed E-state index contributed by atoms with van der Waals surface area (Å²) in [5.41, 5.74) is 1.20. The number of nitrogens with zero attached hydrogens (tertiary/aromatic N) is 3. The van der Waals surface area contributed by atoms with Crippen LogP contribution >= 0.6 is 12.4 Å². The van der Waals surface area contributed by atoms with Gasteiger partial charge in [0.1, 0.15) is 5.82 Å². The Labute approximate surface area is 131 Å². The molecule has 4 rings (SSSR count). The van der Waals surface area contributed by atoms with E-state index in [0.717, 1.165) is 24.2 Å². The van der Waals surface area contributed by atoms with E-state index in [2.05, 4.69) is 56.3 Å². The van der Waals surface area contributed by atoms with E-state index in [-0.39, 0.29) is 12.4 Å². The first-order chi connectivity index (χ1) is 9.90. The first-order valence-corrected chi connectivity index (χ1v) is 7.41. The Morgan fingerprint density at radius 3 is 2.52 bits per heavy atom. The van der Waals surface area contributed by atoms with Crippen molar-refractivity contribution in [2.75, 3.05) is 26.2 Å². The summed E-state index contributed by atoms with van der Waals surface area (Å²) in [7, 11) is 0. The molecule has 0 radical (unpaired) electrons. The quantitative estimate of drug-likeness (QED) is 0.941. The monoisotopic (exact) mass is 304 g/mol. The molecule has 0 saturated carbocycles. The van der Waals surface area contributed by atoms with Crippen LogP contribution in [0.25, 0.3) is 5.69 Å². The second-order valence-electron chi connectivity index (χ2n) is 5.92. The molecule has 4 nitrogen and oxygen atoms in total. The molecule has 112 valence electrons. The molecule has 0 bridgehead atoms. The maximum atomic E-state index is 4.56. The molecule has 2 saturated heterocycles. The Morgan fingerprint density at radius 1 is 1.10 bits per heavy atom. The smallest absolute Gasteiger partial charge is 0.127 e. The second-order valence-corrected chi connectivity index (χ2v) is 5.92. The van der Waals surface area contributed by atoms with E-state index in [9.17, 15) is 0 Å². The molecule has 2 fully saturated rings. The number of likely N-dealkylation sites (tertiary alicyclic amines) is 1. The lowest BCUT2D eigenvalue weighted by molar-refractivity contribution is 0.296. The van der Waals surface area contributed by atoms with Crippen molar-refractivity contribution >= 4 is 12.4 Å². The van der Waals surface area contributed by atoms with E-state index >= 15 is 0 Å². The number of benzene rings is 1. The van der Waals surface area contributed by atoms with Gasteiger partial charge in [0, 0.05) is 31.2 Å². The molecule has 5 heteroatoms. The van der Waals surface area contributed by atoms with Crippen LogP contribution in [-0.2, 0) is 6.54 Å². The van der Waals surface area contributed by atoms with Crippen molar-refractivity contribution in [3.8, 4) is 5.69 Å². The number of para-hydroxylation sites is 1. The third kappa shape index (κ3) is 2.84. The van der Waals surface area contributed by atoms with Crippen molar-refractivity contribution in [3.63, 3.8) is 0 Å². The van der Waals surface area contributed by atoms with Gasteiger partial charge in [0.25, 0.3) is 0 Å². The topological polar surface area (TPSA) is 33.1 Å². The fraction of sp³-hybridized carbons (Fsp3) is 0.438. The molecule has 0 spiro atoms. The van der Waals surface area contributed by atoms with E-state index in [4.69, 9.17) is 0 Å². The van der Waals surface area contributed by atoms with Gasteiger partial charge in [0.15, 0.2) is 0 Å². The number of rotatable bonds is 3. The summed E-state index contributed by atoms with van der Waals surface area (Å²) < 4.78 is 2.20. The first-order valence-electron chi connectivity index (χ1n) is 7.41. The zero-order valence-corrected chi connectivity index (χ0v) is 12.8. The Balaban J connectivity index is 0.00000132. The molecular formula is C16H21ClN4. The van der Waals surface area contributed by atoms with Gasteiger partial charge in [-0.2, -0.15) is 0 Å². The van der Waals surface area contributed by atoms with Gasteiger partial charge in [-0.15, -0.1) is 12.4 Å². The number of imidazole rings is 1. The predicted molar refractivity (Wildman–Crippen MR) is 85.9 cm³/mol. The lowest BCUT2D eigenvalue weighted by atomic mass is 10.0. The van der Waals surface area contributed by atoms with Crippen LogP contribution in [0.2, 0.25) is 0 Å². The highest BCUT2D eigenvalue weighted by Gasteiger charge is 2.36. The van der Waals surface area contributed by atoms with Gasteiger partial charge in [0.2, 0.25) is 0 Å². The van der Waals surface area contributed by atoms with Crippen molar-refractivity contribution in [1.82, 2.24) is 19.8 Å². The number of nitrogens with one attached hydrogen (secondary N) is 1. The van der Waals surface area contributed by atoms with Crippen molar-refractivity contribution in [1.29, 1.82) is 0 Å². The Bertz CT molecular complexity index is 571. The lowest BCUT2D eigenvalue weighted by Gasteiger charge is -2.17. The van der Waals surface area contributed by atoms with Gasteiger partial charge in [-0.25, -0.2) is 4.98 Å². The van der Waals surface area contributed by atoms with E-state index in [1.807, 2.05) is 6.20 Å². The number of halogens is 1. The molecule has 1 aromatic heterocycles. The highest BCUT2D eigenvalue weighted by Crippen LogP contribution is 2.27. The van der Waals surface area contributed by atoms with Crippen LogP contribution in [0.15, 0.2) is 42.7 Å². The van der Waals surface area contributed by atoms with Crippen molar-refractivity contribution in [3.05, 3.63) is 48.5 Å². The fourth-order valence-electron chi connectivity index (χ4n) is 3.56. The average Bonchev–Trinajstić information content (AvgIpc) is 3.15. The maximum absolute atomic E-state index is 4.56. The summed E-state index contributed by atoms with van der Waals surface area (Å²) in [6.45, 7) is 5.75. The summed E-state index contributed by atoms with van der Waals surface area (Å²) in [4.78, 5) is 7.11. The molecule has 0 amide bonds. The average molecular weight is 305 g/mol. The molecule has 2 aliphatic rings. The van der Waals surface area contributed by atoms with Crippen LogP contribution in [0.1, 0.15) is 5.82 Å². The van der Waals surface area contributed by atoms with Crippen LogP contribution in [0.4, 0.5) is 0 Å². The minimum Gasteiger partial charge on any atom is -0.316 e. The van der Waals surface area contributed by atoms with Crippen LogP contribution in [-0.4, -0.2) is 40.6 Å². The first kappa shape index (κ1) is 14.6. The minimum absolute atomic E-state index is 0. The third-order valence-corrected chi connectivity index (χ3v) is 4.58. The summed E-state index contributed by atoms with van der Waals surface area (Å²) in [5, 5.41) is 3.49. The molecule has 3 heterocycles. The zero-order valence-electron chi connectivity index (χ0n) is 12.0. The fourth-order valence-corrected chi connectivity index (χ4v) is 3.56. The Hall–Kier alpha value is -1.36. The number of fused-ring (bicyclic) bond motifs is 1. The normalized spacial score (nSPS) is 24.8. The summed E-state index contributed by atoms with van der Waals surface area (Å²) in [6, 6.07) is 10.5. The van der Waals surface area contributed by atoms with E-state index in [1.165, 1.54) is 31.9 Å². The van der Waals surface area contributed by atoms with Crippen LogP contribution in [0, 0.1) is 11.8 Å². The van der Waals surface area contributed by atoms with Gasteiger partial charge in [-0.1, -0.05) is 18.2 Å². The molecular weight excluding hydrogens is 284 g/mol. The van der Waals surface area contributed by atoms with Crippen molar-refractivity contribution in [2.45, 2.75) is 6.54 Å². The van der Waals surface area contributed by atoms with Crippen LogP contribution in [0.3, 0.4) is 0 Å². The van der Waals surface area contributed by atoms with E-state index in [1.54, 1.807) is 0 Å². The summed E-state index contributed by atoms with van der Waals surface area (Å²) >= 11 is 0. The highest BCUT2D eigenvalue weighted by atomic mass is 35.5. The van der Waals surface area contributed by atoms with Gasteiger partial charge < -0.3 is 9.88 Å². The molecule has 0 unspecified atom stereocenters. The minimum atomic E-state index is 0. The number of aromatic nitrogens is 2. The third-order valence-electron chi connectivity index (χ3n) is 4.58. The lowest BCUT2D eigenvalue weighted by Crippen LogP contribution is -2.26. The van der Waals surface area contributed by atoms with Gasteiger partial charge in [0.05, 0.1) is 6.54 Å². The van der Waals surface area contributed by atoms with Crippen molar-refractivity contribution < 1.29 is 0 Å². The SMILES string of the molecule is Cl.c1ccc(-n2ccnc2CN2C[C@H]3CNC[C@H]3C2)cc1.